The van der Waals surface area contributed by atoms with E-state index in [1.807, 2.05) is 0 Å². The maximum absolute atomic E-state index is 4.54. The number of hydrogen-bond acceptors (Lipinski definition) is 6. The van der Waals surface area contributed by atoms with Crippen molar-refractivity contribution in [3.05, 3.63) is 12.4 Å². The Labute approximate surface area is 142 Å². The molecule has 0 spiro atoms. The molecule has 0 amide bonds. The monoisotopic (exact) mass is 338 g/mol. The molecule has 3 rings (SSSR count). The molecule has 6 heteroatoms. The van der Waals surface area contributed by atoms with E-state index in [1.165, 1.54) is 24.3 Å². The number of rotatable bonds is 4. The molecule has 2 aliphatic heterocycles. The lowest BCUT2D eigenvalue weighted by Gasteiger charge is -2.35. The fourth-order valence-electron chi connectivity index (χ4n) is 3.03. The van der Waals surface area contributed by atoms with Crippen LogP contribution in [0.1, 0.15) is 26.7 Å². The summed E-state index contributed by atoms with van der Waals surface area (Å²) >= 11 is 4.20. The number of thioether (sulfide) groups is 2. The van der Waals surface area contributed by atoms with Crippen molar-refractivity contribution in [3.63, 3.8) is 0 Å². The minimum Gasteiger partial charge on any atom is -0.355 e. The Bertz CT molecular complexity index is 446. The highest BCUT2D eigenvalue weighted by molar-refractivity contribution is 8.00. The molecule has 2 aliphatic rings. The van der Waals surface area contributed by atoms with E-state index < -0.39 is 0 Å². The molecule has 0 aliphatic carbocycles. The van der Waals surface area contributed by atoms with Gasteiger partial charge in [-0.2, -0.15) is 23.5 Å². The van der Waals surface area contributed by atoms with Crippen LogP contribution in [0.25, 0.3) is 0 Å². The third-order valence-corrected chi connectivity index (χ3v) is 7.22. The maximum Gasteiger partial charge on any atom is 0.134 e. The van der Waals surface area contributed by atoms with Gasteiger partial charge in [0.1, 0.15) is 18.0 Å². The average molecular weight is 339 g/mol. The first-order valence-electron chi connectivity index (χ1n) is 8.35. The van der Waals surface area contributed by atoms with Crippen molar-refractivity contribution in [1.29, 1.82) is 0 Å². The van der Waals surface area contributed by atoms with Crippen LogP contribution in [-0.4, -0.2) is 58.2 Å². The lowest BCUT2D eigenvalue weighted by atomic mass is 10.2. The van der Waals surface area contributed by atoms with Gasteiger partial charge in [-0.3, -0.25) is 0 Å². The molecule has 22 heavy (non-hydrogen) atoms. The van der Waals surface area contributed by atoms with Crippen LogP contribution in [0.5, 0.6) is 0 Å². The van der Waals surface area contributed by atoms with Gasteiger partial charge in [0, 0.05) is 54.3 Å². The summed E-state index contributed by atoms with van der Waals surface area (Å²) in [5, 5.41) is 1.48. The average Bonchev–Trinajstić information content (AvgIpc) is 2.62. The molecular weight excluding hydrogens is 312 g/mol. The van der Waals surface area contributed by atoms with E-state index in [-0.39, 0.29) is 0 Å². The second-order valence-corrected chi connectivity index (χ2v) is 8.75. The van der Waals surface area contributed by atoms with Gasteiger partial charge < -0.3 is 9.80 Å². The van der Waals surface area contributed by atoms with Crippen LogP contribution >= 0.6 is 23.5 Å². The van der Waals surface area contributed by atoms with E-state index in [2.05, 4.69) is 63.2 Å². The molecule has 1 aromatic rings. The molecule has 0 saturated carbocycles. The summed E-state index contributed by atoms with van der Waals surface area (Å²) in [6.07, 6.45) is 4.22. The van der Waals surface area contributed by atoms with Crippen molar-refractivity contribution < 1.29 is 0 Å². The zero-order valence-electron chi connectivity index (χ0n) is 13.6. The summed E-state index contributed by atoms with van der Waals surface area (Å²) in [6, 6.07) is 2.20. The smallest absolute Gasteiger partial charge is 0.134 e. The van der Waals surface area contributed by atoms with Gasteiger partial charge in [-0.1, -0.05) is 13.8 Å². The molecular formula is C16H26N4S2. The number of anilines is 2. The van der Waals surface area contributed by atoms with E-state index >= 15 is 0 Å². The molecule has 2 unspecified atom stereocenters. The molecule has 122 valence electrons. The Kier molecular flexibility index (Phi) is 5.74. The first-order valence-corrected chi connectivity index (χ1v) is 10.4. The van der Waals surface area contributed by atoms with Crippen LogP contribution in [-0.2, 0) is 0 Å². The third kappa shape index (κ3) is 3.82. The van der Waals surface area contributed by atoms with E-state index in [0.29, 0.717) is 0 Å². The molecule has 0 aromatic carbocycles. The van der Waals surface area contributed by atoms with E-state index in [1.54, 1.807) is 6.33 Å². The predicted octanol–water partition coefficient (Wildman–Crippen LogP) is 3.14. The molecule has 2 fully saturated rings. The molecule has 3 heterocycles. The largest absolute Gasteiger partial charge is 0.355 e. The van der Waals surface area contributed by atoms with Crippen molar-refractivity contribution in [2.45, 2.75) is 37.2 Å². The van der Waals surface area contributed by atoms with Crippen molar-refractivity contribution in [2.75, 3.05) is 47.5 Å². The first kappa shape index (κ1) is 16.2. The summed E-state index contributed by atoms with van der Waals surface area (Å²) < 4.78 is 0. The van der Waals surface area contributed by atoms with Crippen LogP contribution in [0.4, 0.5) is 11.6 Å². The topological polar surface area (TPSA) is 32.3 Å². The van der Waals surface area contributed by atoms with E-state index in [0.717, 1.165) is 48.3 Å². The van der Waals surface area contributed by atoms with Crippen molar-refractivity contribution >= 4 is 35.2 Å². The molecule has 2 atom stereocenters. The summed E-state index contributed by atoms with van der Waals surface area (Å²) in [7, 11) is 0. The van der Waals surface area contributed by atoms with Crippen molar-refractivity contribution in [3.8, 4) is 0 Å². The molecule has 0 radical (unpaired) electrons. The summed E-state index contributed by atoms with van der Waals surface area (Å²) in [6.45, 7) is 9.00. The Hall–Kier alpha value is -0.620. The maximum atomic E-state index is 4.54. The second-order valence-electron chi connectivity index (χ2n) is 5.93. The highest BCUT2D eigenvalue weighted by atomic mass is 32.2. The standard InChI is InChI=1S/C16H26N4S2/c1-3-13-10-19(5-7-21-13)15-9-16(18-12-17-15)20-6-8-22-14(4-2)11-20/h9,12-14H,3-8,10-11H2,1-2H3. The van der Waals surface area contributed by atoms with Crippen LogP contribution in [0.3, 0.4) is 0 Å². The van der Waals surface area contributed by atoms with Gasteiger partial charge in [0.05, 0.1) is 0 Å². The SMILES string of the molecule is CCC1CN(c2cc(N3CCSC(CC)C3)ncn2)CCS1. The van der Waals surface area contributed by atoms with E-state index in [9.17, 15) is 0 Å². The fraction of sp³-hybridized carbons (Fsp3) is 0.750. The molecule has 0 N–H and O–H groups in total. The van der Waals surface area contributed by atoms with Gasteiger partial charge in [0.15, 0.2) is 0 Å². The number of nitrogens with zero attached hydrogens (tertiary/aromatic N) is 4. The highest BCUT2D eigenvalue weighted by Crippen LogP contribution is 2.28. The van der Waals surface area contributed by atoms with Gasteiger partial charge in [0.25, 0.3) is 0 Å². The lowest BCUT2D eigenvalue weighted by molar-refractivity contribution is 0.707. The van der Waals surface area contributed by atoms with E-state index in [4.69, 9.17) is 0 Å². The molecule has 0 bridgehead atoms. The lowest BCUT2D eigenvalue weighted by Crippen LogP contribution is -2.39. The Morgan fingerprint density at radius 1 is 0.955 bits per heavy atom. The molecule has 2 saturated heterocycles. The quantitative estimate of drug-likeness (QED) is 0.838. The van der Waals surface area contributed by atoms with Crippen LogP contribution in [0.15, 0.2) is 12.4 Å². The van der Waals surface area contributed by atoms with Crippen LogP contribution < -0.4 is 9.80 Å². The summed E-state index contributed by atoms with van der Waals surface area (Å²) in [5.41, 5.74) is 0. The van der Waals surface area contributed by atoms with Gasteiger partial charge >= 0.3 is 0 Å². The van der Waals surface area contributed by atoms with Crippen LogP contribution in [0.2, 0.25) is 0 Å². The minimum atomic E-state index is 0.739. The number of aromatic nitrogens is 2. The summed E-state index contributed by atoms with van der Waals surface area (Å²) in [5.74, 6) is 4.62. The second kappa shape index (κ2) is 7.77. The normalized spacial score (nSPS) is 26.3. The Morgan fingerprint density at radius 2 is 1.45 bits per heavy atom. The first-order chi connectivity index (χ1) is 10.8. The zero-order valence-corrected chi connectivity index (χ0v) is 15.2. The summed E-state index contributed by atoms with van der Waals surface area (Å²) in [4.78, 5) is 14.0. The minimum absolute atomic E-state index is 0.739. The highest BCUT2D eigenvalue weighted by Gasteiger charge is 2.23. The van der Waals surface area contributed by atoms with Gasteiger partial charge in [-0.05, 0) is 12.8 Å². The molecule has 4 nitrogen and oxygen atoms in total. The Morgan fingerprint density at radius 3 is 1.91 bits per heavy atom. The van der Waals surface area contributed by atoms with Gasteiger partial charge in [-0.25, -0.2) is 9.97 Å². The fourth-order valence-corrected chi connectivity index (χ4v) is 5.39. The van der Waals surface area contributed by atoms with Crippen molar-refractivity contribution in [2.24, 2.45) is 0 Å². The zero-order chi connectivity index (χ0) is 15.4. The van der Waals surface area contributed by atoms with Crippen molar-refractivity contribution in [1.82, 2.24) is 9.97 Å². The Balaban J connectivity index is 1.72. The predicted molar refractivity (Wildman–Crippen MR) is 99.5 cm³/mol. The molecule has 1 aromatic heterocycles. The number of hydrogen-bond donors (Lipinski definition) is 0. The third-order valence-electron chi connectivity index (χ3n) is 4.47. The van der Waals surface area contributed by atoms with Gasteiger partial charge in [0.2, 0.25) is 0 Å². The van der Waals surface area contributed by atoms with Gasteiger partial charge in [-0.15, -0.1) is 0 Å². The van der Waals surface area contributed by atoms with Crippen LogP contribution in [0, 0.1) is 0 Å².